The molecule has 3 heteroatoms. The standard InChI is InChI=1S/C15H22BrNO/c1-12(13-7-3-4-8-14(13)16)17-11-15(18)9-5-2-6-10-15/h3-4,7-8,12,17-18H,2,5-6,9-11H2,1H3/t12-/m0/s1. The molecule has 2 nitrogen and oxygen atoms in total. The predicted molar refractivity (Wildman–Crippen MR) is 78.6 cm³/mol. The van der Waals surface area contributed by atoms with E-state index in [1.807, 2.05) is 12.1 Å². The number of hydrogen-bond donors (Lipinski definition) is 2. The molecule has 1 aromatic carbocycles. The summed E-state index contributed by atoms with van der Waals surface area (Å²) in [7, 11) is 0. The zero-order chi connectivity index (χ0) is 13.0. The van der Waals surface area contributed by atoms with Gasteiger partial charge in [-0.3, -0.25) is 0 Å². The van der Waals surface area contributed by atoms with E-state index in [2.05, 4.69) is 40.3 Å². The molecule has 0 aromatic heterocycles. The molecule has 1 fully saturated rings. The van der Waals surface area contributed by atoms with Gasteiger partial charge in [0.2, 0.25) is 0 Å². The summed E-state index contributed by atoms with van der Waals surface area (Å²) in [6, 6.07) is 8.50. The summed E-state index contributed by atoms with van der Waals surface area (Å²) in [6.07, 6.45) is 5.44. The van der Waals surface area contributed by atoms with E-state index >= 15 is 0 Å². The molecule has 18 heavy (non-hydrogen) atoms. The van der Waals surface area contributed by atoms with Gasteiger partial charge in [0.15, 0.2) is 0 Å². The summed E-state index contributed by atoms with van der Waals surface area (Å²) >= 11 is 3.57. The predicted octanol–water partition coefficient (Wildman–Crippen LogP) is 3.79. The van der Waals surface area contributed by atoms with Crippen molar-refractivity contribution < 1.29 is 5.11 Å². The van der Waals surface area contributed by atoms with Crippen molar-refractivity contribution in [1.82, 2.24) is 5.32 Å². The van der Waals surface area contributed by atoms with Gasteiger partial charge < -0.3 is 10.4 Å². The van der Waals surface area contributed by atoms with Gasteiger partial charge in [-0.2, -0.15) is 0 Å². The molecule has 2 N–H and O–H groups in total. The molecule has 0 spiro atoms. The first-order valence-corrected chi connectivity index (χ1v) is 7.60. The molecule has 2 rings (SSSR count). The van der Waals surface area contributed by atoms with Crippen LogP contribution in [0.25, 0.3) is 0 Å². The maximum atomic E-state index is 10.5. The van der Waals surface area contributed by atoms with Gasteiger partial charge in [-0.1, -0.05) is 53.4 Å². The fourth-order valence-electron chi connectivity index (χ4n) is 2.67. The largest absolute Gasteiger partial charge is 0.389 e. The minimum absolute atomic E-state index is 0.256. The van der Waals surface area contributed by atoms with Gasteiger partial charge in [0, 0.05) is 17.1 Å². The van der Waals surface area contributed by atoms with E-state index in [0.29, 0.717) is 6.54 Å². The van der Waals surface area contributed by atoms with Crippen LogP contribution >= 0.6 is 15.9 Å². The van der Waals surface area contributed by atoms with Crippen LogP contribution in [0.1, 0.15) is 50.6 Å². The number of hydrogen-bond acceptors (Lipinski definition) is 2. The van der Waals surface area contributed by atoms with Gasteiger partial charge in [0.05, 0.1) is 5.60 Å². The lowest BCUT2D eigenvalue weighted by atomic mass is 9.84. The summed E-state index contributed by atoms with van der Waals surface area (Å²) in [6.45, 7) is 2.84. The Bertz CT molecular complexity index is 388. The molecule has 100 valence electrons. The van der Waals surface area contributed by atoms with Crippen molar-refractivity contribution in [1.29, 1.82) is 0 Å². The average Bonchev–Trinajstić information content (AvgIpc) is 2.38. The van der Waals surface area contributed by atoms with Gasteiger partial charge >= 0.3 is 0 Å². The van der Waals surface area contributed by atoms with Crippen LogP contribution in [0.4, 0.5) is 0 Å². The molecule has 0 aliphatic heterocycles. The first kappa shape index (κ1) is 14.0. The van der Waals surface area contributed by atoms with E-state index in [1.165, 1.54) is 12.0 Å². The summed E-state index contributed by atoms with van der Waals surface area (Å²) in [5.41, 5.74) is 0.755. The van der Waals surface area contributed by atoms with Crippen molar-refractivity contribution in [2.75, 3.05) is 6.54 Å². The van der Waals surface area contributed by atoms with Crippen LogP contribution < -0.4 is 5.32 Å². The smallest absolute Gasteiger partial charge is 0.0771 e. The highest BCUT2D eigenvalue weighted by molar-refractivity contribution is 9.10. The van der Waals surface area contributed by atoms with E-state index in [4.69, 9.17) is 0 Å². The lowest BCUT2D eigenvalue weighted by Crippen LogP contribution is -2.42. The molecule has 0 heterocycles. The van der Waals surface area contributed by atoms with Gasteiger partial charge in [0.1, 0.15) is 0 Å². The van der Waals surface area contributed by atoms with E-state index in [0.717, 1.165) is 30.2 Å². The normalized spacial score (nSPS) is 20.6. The third-order valence-electron chi connectivity index (χ3n) is 3.89. The number of halogens is 1. The molecule has 1 aliphatic rings. The van der Waals surface area contributed by atoms with Crippen molar-refractivity contribution >= 4 is 15.9 Å². The summed E-state index contributed by atoms with van der Waals surface area (Å²) in [5, 5.41) is 13.9. The summed E-state index contributed by atoms with van der Waals surface area (Å²) < 4.78 is 1.13. The van der Waals surface area contributed by atoms with Crippen molar-refractivity contribution in [2.24, 2.45) is 0 Å². The van der Waals surface area contributed by atoms with Gasteiger partial charge in [0.25, 0.3) is 0 Å². The molecule has 1 saturated carbocycles. The van der Waals surface area contributed by atoms with Crippen molar-refractivity contribution in [3.05, 3.63) is 34.3 Å². The van der Waals surface area contributed by atoms with Crippen LogP contribution in [0.15, 0.2) is 28.7 Å². The van der Waals surface area contributed by atoms with E-state index < -0.39 is 5.60 Å². The molecule has 1 atom stereocenters. The van der Waals surface area contributed by atoms with Gasteiger partial charge in [-0.05, 0) is 31.4 Å². The molecule has 1 aromatic rings. The Morgan fingerprint density at radius 2 is 1.94 bits per heavy atom. The Labute approximate surface area is 118 Å². The van der Waals surface area contributed by atoms with Crippen LogP contribution in [0.2, 0.25) is 0 Å². The Balaban J connectivity index is 1.92. The Kier molecular flexibility index (Phi) is 4.82. The molecule has 0 amide bonds. The maximum Gasteiger partial charge on any atom is 0.0771 e. The second kappa shape index (κ2) is 6.18. The molecular weight excluding hydrogens is 290 g/mol. The fraction of sp³-hybridized carbons (Fsp3) is 0.600. The summed E-state index contributed by atoms with van der Waals surface area (Å²) in [4.78, 5) is 0. The van der Waals surface area contributed by atoms with Crippen LogP contribution in [0.3, 0.4) is 0 Å². The van der Waals surface area contributed by atoms with E-state index in [9.17, 15) is 5.11 Å². The van der Waals surface area contributed by atoms with E-state index in [-0.39, 0.29) is 6.04 Å². The molecule has 1 aliphatic carbocycles. The number of aliphatic hydroxyl groups is 1. The first-order valence-electron chi connectivity index (χ1n) is 6.81. The van der Waals surface area contributed by atoms with Gasteiger partial charge in [-0.25, -0.2) is 0 Å². The Morgan fingerprint density at radius 3 is 2.61 bits per heavy atom. The minimum atomic E-state index is -0.492. The SMILES string of the molecule is C[C@H](NCC1(O)CCCCC1)c1ccccc1Br. The molecule has 0 bridgehead atoms. The monoisotopic (exact) mass is 311 g/mol. The quantitative estimate of drug-likeness (QED) is 0.886. The fourth-order valence-corrected chi connectivity index (χ4v) is 3.29. The highest BCUT2D eigenvalue weighted by Crippen LogP contribution is 2.29. The Hall–Kier alpha value is -0.380. The second-order valence-electron chi connectivity index (χ2n) is 5.41. The highest BCUT2D eigenvalue weighted by atomic mass is 79.9. The zero-order valence-corrected chi connectivity index (χ0v) is 12.5. The lowest BCUT2D eigenvalue weighted by Gasteiger charge is -2.33. The molecule has 0 radical (unpaired) electrons. The Morgan fingerprint density at radius 1 is 1.28 bits per heavy atom. The third-order valence-corrected chi connectivity index (χ3v) is 4.62. The number of rotatable bonds is 4. The van der Waals surface area contributed by atoms with E-state index in [1.54, 1.807) is 0 Å². The van der Waals surface area contributed by atoms with Crippen molar-refractivity contribution in [3.63, 3.8) is 0 Å². The first-order chi connectivity index (χ1) is 8.61. The zero-order valence-electron chi connectivity index (χ0n) is 11.0. The molecule has 0 unspecified atom stereocenters. The van der Waals surface area contributed by atoms with Gasteiger partial charge in [-0.15, -0.1) is 0 Å². The number of benzene rings is 1. The van der Waals surface area contributed by atoms with Crippen LogP contribution in [-0.2, 0) is 0 Å². The molecule has 0 saturated heterocycles. The maximum absolute atomic E-state index is 10.5. The van der Waals surface area contributed by atoms with Crippen LogP contribution in [0.5, 0.6) is 0 Å². The second-order valence-corrected chi connectivity index (χ2v) is 6.26. The van der Waals surface area contributed by atoms with Crippen LogP contribution in [0, 0.1) is 0 Å². The third kappa shape index (κ3) is 3.56. The topological polar surface area (TPSA) is 32.3 Å². The lowest BCUT2D eigenvalue weighted by molar-refractivity contribution is 0.00299. The average molecular weight is 312 g/mol. The summed E-state index contributed by atoms with van der Waals surface area (Å²) in [5.74, 6) is 0. The highest BCUT2D eigenvalue weighted by Gasteiger charge is 2.29. The van der Waals surface area contributed by atoms with Crippen molar-refractivity contribution in [2.45, 2.75) is 50.7 Å². The number of nitrogens with one attached hydrogen (secondary N) is 1. The van der Waals surface area contributed by atoms with Crippen molar-refractivity contribution in [3.8, 4) is 0 Å². The molecular formula is C15H22BrNO. The minimum Gasteiger partial charge on any atom is -0.389 e. The van der Waals surface area contributed by atoms with Crippen LogP contribution in [-0.4, -0.2) is 17.3 Å².